The Bertz CT molecular complexity index is 2890. The molecule has 0 amide bonds. The molecule has 0 atom stereocenters. The molecule has 2 aromatic heterocycles. The van der Waals surface area contributed by atoms with E-state index in [0.29, 0.717) is 17.5 Å². The lowest BCUT2D eigenvalue weighted by molar-refractivity contribution is 1.08. The van der Waals surface area contributed by atoms with Crippen LogP contribution in [0.3, 0.4) is 0 Å². The highest BCUT2D eigenvalue weighted by Gasteiger charge is 2.18. The molecule has 2 heterocycles. The van der Waals surface area contributed by atoms with Gasteiger partial charge < -0.3 is 0 Å². The third-order valence-electron chi connectivity index (χ3n) is 9.49. The van der Waals surface area contributed by atoms with Crippen molar-refractivity contribution >= 4 is 63.8 Å². The van der Waals surface area contributed by atoms with Gasteiger partial charge in [0.1, 0.15) is 0 Å². The van der Waals surface area contributed by atoms with Crippen LogP contribution in [0.15, 0.2) is 164 Å². The third-order valence-corrected chi connectivity index (χ3v) is 10.6. The van der Waals surface area contributed by atoms with Crippen molar-refractivity contribution < 1.29 is 0 Å². The molecule has 4 heteroatoms. The fraction of sp³-hybridized carbons (Fsp3) is 0. The number of benzene rings is 8. The van der Waals surface area contributed by atoms with E-state index >= 15 is 0 Å². The average molecular weight is 642 g/mol. The molecule has 0 aliphatic carbocycles. The van der Waals surface area contributed by atoms with Crippen molar-refractivity contribution in [3.05, 3.63) is 164 Å². The first-order chi connectivity index (χ1) is 24.3. The van der Waals surface area contributed by atoms with E-state index in [0.717, 1.165) is 22.1 Å². The predicted octanol–water partition coefficient (Wildman–Crippen LogP) is 12.4. The summed E-state index contributed by atoms with van der Waals surface area (Å²) in [6.07, 6.45) is 0. The van der Waals surface area contributed by atoms with E-state index in [1.807, 2.05) is 0 Å². The molecule has 49 heavy (non-hydrogen) atoms. The molecule has 228 valence electrons. The molecule has 0 unspecified atom stereocenters. The molecule has 0 N–H and O–H groups in total. The second-order valence-corrected chi connectivity index (χ2v) is 13.5. The van der Waals surface area contributed by atoms with E-state index in [9.17, 15) is 0 Å². The number of hydrogen-bond donors (Lipinski definition) is 0. The Kier molecular flexibility index (Phi) is 6.36. The molecule has 0 radical (unpaired) electrons. The van der Waals surface area contributed by atoms with Gasteiger partial charge in [0.05, 0.1) is 0 Å². The largest absolute Gasteiger partial charge is 0.208 e. The average Bonchev–Trinajstić information content (AvgIpc) is 3.56. The molecule has 0 saturated heterocycles. The SMILES string of the molecule is c1ccc(-c2cc3ccccc3c3cc(-c4nc(-c5ccc6ccccc6c5)nc(-c5cccc6sc7ccccc7c56)n4)ccc23)cc1. The van der Waals surface area contributed by atoms with Crippen molar-refractivity contribution in [2.24, 2.45) is 0 Å². The molecular weight excluding hydrogens is 615 g/mol. The van der Waals surface area contributed by atoms with Crippen LogP contribution in [-0.4, -0.2) is 15.0 Å². The van der Waals surface area contributed by atoms with Crippen LogP contribution in [0, 0.1) is 0 Å². The predicted molar refractivity (Wildman–Crippen MR) is 207 cm³/mol. The summed E-state index contributed by atoms with van der Waals surface area (Å²) in [6, 6.07) is 58.1. The summed E-state index contributed by atoms with van der Waals surface area (Å²) in [7, 11) is 0. The highest BCUT2D eigenvalue weighted by Crippen LogP contribution is 2.41. The quantitative estimate of drug-likeness (QED) is 0.180. The Hall–Kier alpha value is -6.23. The number of hydrogen-bond acceptors (Lipinski definition) is 4. The van der Waals surface area contributed by atoms with Gasteiger partial charge in [-0.05, 0) is 73.8 Å². The fourth-order valence-electron chi connectivity index (χ4n) is 7.14. The number of rotatable bonds is 4. The zero-order chi connectivity index (χ0) is 32.3. The summed E-state index contributed by atoms with van der Waals surface area (Å²) in [4.78, 5) is 15.6. The van der Waals surface area contributed by atoms with E-state index in [1.54, 1.807) is 11.3 Å². The van der Waals surface area contributed by atoms with Gasteiger partial charge in [-0.25, -0.2) is 15.0 Å². The van der Waals surface area contributed by atoms with Gasteiger partial charge in [-0.3, -0.25) is 0 Å². The summed E-state index contributed by atoms with van der Waals surface area (Å²) in [6.45, 7) is 0. The Balaban J connectivity index is 1.24. The zero-order valence-corrected chi connectivity index (χ0v) is 27.2. The summed E-state index contributed by atoms with van der Waals surface area (Å²) in [5.41, 5.74) is 5.34. The van der Waals surface area contributed by atoms with E-state index in [-0.39, 0.29) is 0 Å². The van der Waals surface area contributed by atoms with Gasteiger partial charge in [-0.2, -0.15) is 0 Å². The number of thiophene rings is 1. The molecule has 0 fully saturated rings. The molecule has 0 aliphatic heterocycles. The van der Waals surface area contributed by atoms with Gasteiger partial charge in [0.25, 0.3) is 0 Å². The first kappa shape index (κ1) is 27.8. The second kappa shape index (κ2) is 11.2. The van der Waals surface area contributed by atoms with E-state index in [2.05, 4.69) is 164 Å². The van der Waals surface area contributed by atoms with Gasteiger partial charge in [0.15, 0.2) is 17.5 Å². The van der Waals surface area contributed by atoms with Gasteiger partial charge in [-0.1, -0.05) is 133 Å². The molecule has 0 spiro atoms. The van der Waals surface area contributed by atoms with Gasteiger partial charge in [0, 0.05) is 36.9 Å². The maximum absolute atomic E-state index is 5.25. The molecule has 10 rings (SSSR count). The molecule has 10 aromatic rings. The van der Waals surface area contributed by atoms with Crippen LogP contribution in [0.1, 0.15) is 0 Å². The van der Waals surface area contributed by atoms with Crippen LogP contribution in [0.4, 0.5) is 0 Å². The lowest BCUT2D eigenvalue weighted by atomic mass is 9.92. The van der Waals surface area contributed by atoms with Crippen LogP contribution in [0.25, 0.3) is 97.8 Å². The molecule has 3 nitrogen and oxygen atoms in total. The first-order valence-corrected chi connectivity index (χ1v) is 17.3. The van der Waals surface area contributed by atoms with Crippen molar-refractivity contribution in [3.8, 4) is 45.3 Å². The van der Waals surface area contributed by atoms with Crippen molar-refractivity contribution in [2.75, 3.05) is 0 Å². The highest BCUT2D eigenvalue weighted by molar-refractivity contribution is 7.25. The molecule has 0 aliphatic rings. The first-order valence-electron chi connectivity index (χ1n) is 16.4. The molecular formula is C45H27N3S. The summed E-state index contributed by atoms with van der Waals surface area (Å²) < 4.78 is 2.48. The topological polar surface area (TPSA) is 38.7 Å². The number of nitrogens with zero attached hydrogens (tertiary/aromatic N) is 3. The highest BCUT2D eigenvalue weighted by atomic mass is 32.1. The summed E-state index contributed by atoms with van der Waals surface area (Å²) in [5.74, 6) is 1.98. The van der Waals surface area contributed by atoms with Crippen LogP contribution in [-0.2, 0) is 0 Å². The lowest BCUT2D eigenvalue weighted by Gasteiger charge is -2.13. The Morgan fingerprint density at radius 3 is 1.84 bits per heavy atom. The summed E-state index contributed by atoms with van der Waals surface area (Å²) >= 11 is 1.80. The van der Waals surface area contributed by atoms with Crippen LogP contribution in [0.5, 0.6) is 0 Å². The van der Waals surface area contributed by atoms with Gasteiger partial charge in [-0.15, -0.1) is 11.3 Å². The maximum Gasteiger partial charge on any atom is 0.164 e. The minimum Gasteiger partial charge on any atom is -0.208 e. The van der Waals surface area contributed by atoms with E-state index in [1.165, 1.54) is 58.2 Å². The third kappa shape index (κ3) is 4.68. The minimum absolute atomic E-state index is 0.654. The zero-order valence-electron chi connectivity index (χ0n) is 26.3. The smallest absolute Gasteiger partial charge is 0.164 e. The fourth-order valence-corrected chi connectivity index (χ4v) is 8.28. The van der Waals surface area contributed by atoms with Crippen molar-refractivity contribution in [2.45, 2.75) is 0 Å². The van der Waals surface area contributed by atoms with Gasteiger partial charge in [0.2, 0.25) is 0 Å². The van der Waals surface area contributed by atoms with E-state index < -0.39 is 0 Å². The number of aromatic nitrogens is 3. The summed E-state index contributed by atoms with van der Waals surface area (Å²) in [5, 5.41) is 9.53. The maximum atomic E-state index is 5.25. The number of fused-ring (bicyclic) bond motifs is 7. The monoisotopic (exact) mass is 641 g/mol. The Morgan fingerprint density at radius 1 is 0.327 bits per heavy atom. The molecule has 0 bridgehead atoms. The van der Waals surface area contributed by atoms with Crippen LogP contribution >= 0.6 is 11.3 Å². The van der Waals surface area contributed by atoms with Crippen molar-refractivity contribution in [1.29, 1.82) is 0 Å². The molecule has 8 aromatic carbocycles. The lowest BCUT2D eigenvalue weighted by Crippen LogP contribution is -2.00. The standard InChI is InChI=1S/C45H27N3S/c1-2-12-29(13-3-1)38-26-31-15-6-7-16-34(31)39-27-33(23-24-35(38)39)44-46-43(32-22-21-28-11-4-5-14-30(28)25-32)47-45(48-44)37-18-10-20-41-42(37)36-17-8-9-19-40(36)49-41/h1-27H. The van der Waals surface area contributed by atoms with Crippen molar-refractivity contribution in [1.82, 2.24) is 15.0 Å². The van der Waals surface area contributed by atoms with E-state index in [4.69, 9.17) is 15.0 Å². The Morgan fingerprint density at radius 2 is 0.980 bits per heavy atom. The Labute approximate surface area is 286 Å². The van der Waals surface area contributed by atoms with Crippen molar-refractivity contribution in [3.63, 3.8) is 0 Å². The van der Waals surface area contributed by atoms with Gasteiger partial charge >= 0.3 is 0 Å². The second-order valence-electron chi connectivity index (χ2n) is 12.4. The normalized spacial score (nSPS) is 11.7. The molecule has 0 saturated carbocycles. The minimum atomic E-state index is 0.654. The van der Waals surface area contributed by atoms with Crippen LogP contribution in [0.2, 0.25) is 0 Å². The van der Waals surface area contributed by atoms with Crippen LogP contribution < -0.4 is 0 Å².